The molecule has 0 aliphatic carbocycles. The quantitative estimate of drug-likeness (QED) is 0.137. The van der Waals surface area contributed by atoms with Gasteiger partial charge in [-0.3, -0.25) is 0 Å². The molecule has 576 valence electrons. The molecule has 6 aromatic heterocycles. The van der Waals surface area contributed by atoms with E-state index in [9.17, 15) is 0 Å². The topological polar surface area (TPSA) is 71.3 Å². The summed E-state index contributed by atoms with van der Waals surface area (Å²) in [5, 5.41) is 21.3. The number of hydrogen-bond donors (Lipinski definition) is 0. The summed E-state index contributed by atoms with van der Waals surface area (Å²) in [5.74, 6) is 1.40. The molecule has 0 unspecified atom stereocenters. The van der Waals surface area contributed by atoms with E-state index in [0.29, 0.717) is 11.6 Å². The monoisotopic (exact) mass is 1580 g/mol. The molecule has 0 fully saturated rings. The Morgan fingerprint density at radius 3 is 1.08 bits per heavy atom. The van der Waals surface area contributed by atoms with Gasteiger partial charge >= 0.3 is 0 Å². The van der Waals surface area contributed by atoms with Gasteiger partial charge in [-0.1, -0.05) is 303 Å². The molecule has 8 heteroatoms. The molecule has 0 aliphatic rings. The third-order valence-corrected chi connectivity index (χ3v) is 25.3. The fourth-order valence-corrected chi connectivity index (χ4v) is 19.8. The van der Waals surface area contributed by atoms with E-state index in [4.69, 9.17) is 19.9 Å². The number of rotatable bonds is 10. The van der Waals surface area contributed by atoms with Crippen molar-refractivity contribution in [3.63, 3.8) is 0 Å². The van der Waals surface area contributed by atoms with Crippen LogP contribution in [0.4, 0.5) is 0 Å². The molecule has 0 saturated carbocycles. The van der Waals surface area contributed by atoms with E-state index in [1.807, 2.05) is 0 Å². The molecule has 26 rings (SSSR count). The maximum atomic E-state index is 5.56. The fourth-order valence-electron chi connectivity index (χ4n) is 19.8. The van der Waals surface area contributed by atoms with E-state index >= 15 is 0 Å². The van der Waals surface area contributed by atoms with Crippen LogP contribution in [0.5, 0.6) is 0 Å². The molecule has 0 atom stereocenters. The molecule has 6 heterocycles. The van der Waals surface area contributed by atoms with Gasteiger partial charge in [-0.15, -0.1) is 0 Å². The van der Waals surface area contributed by atoms with E-state index in [2.05, 4.69) is 455 Å². The highest BCUT2D eigenvalue weighted by Crippen LogP contribution is 2.47. The highest BCUT2D eigenvalue weighted by Gasteiger charge is 2.26. The predicted octanol–water partition coefficient (Wildman–Crippen LogP) is 30.3. The molecule has 20 aromatic carbocycles. The Morgan fingerprint density at radius 1 is 0.161 bits per heavy atom. The summed E-state index contributed by atoms with van der Waals surface area (Å²) in [6.07, 6.45) is 0. The van der Waals surface area contributed by atoms with Crippen LogP contribution >= 0.6 is 0 Å². The first-order valence-corrected chi connectivity index (χ1v) is 42.3. The number of nitrogens with zero attached hydrogens (tertiary/aromatic N) is 8. The van der Waals surface area contributed by atoms with E-state index < -0.39 is 0 Å². The molecule has 0 radical (unpaired) electrons. The number of aromatic nitrogens is 8. The maximum absolute atomic E-state index is 5.56. The van der Waals surface area contributed by atoms with Crippen molar-refractivity contribution < 1.29 is 0 Å². The van der Waals surface area contributed by atoms with Gasteiger partial charge in [0, 0.05) is 87.2 Å². The van der Waals surface area contributed by atoms with Gasteiger partial charge in [-0.25, -0.2) is 19.9 Å². The van der Waals surface area contributed by atoms with E-state index in [1.54, 1.807) is 0 Å². The number of fused-ring (bicyclic) bond motifs is 18. The van der Waals surface area contributed by atoms with Crippen LogP contribution in [0, 0.1) is 0 Å². The molecule has 0 amide bonds. The lowest BCUT2D eigenvalue weighted by Crippen LogP contribution is -1.99. The third-order valence-electron chi connectivity index (χ3n) is 25.3. The normalized spacial score (nSPS) is 11.9. The van der Waals surface area contributed by atoms with Crippen molar-refractivity contribution in [3.8, 4) is 90.3 Å². The van der Waals surface area contributed by atoms with Gasteiger partial charge in [0.15, 0.2) is 11.6 Å². The van der Waals surface area contributed by atoms with Crippen LogP contribution in [0.2, 0.25) is 0 Å². The molecular formula is C116H72N8. The molecule has 0 spiro atoms. The Hall–Kier alpha value is -16.7. The molecule has 0 saturated heterocycles. The lowest BCUT2D eigenvalue weighted by Gasteiger charge is -2.16. The van der Waals surface area contributed by atoms with Gasteiger partial charge in [0.25, 0.3) is 0 Å². The van der Waals surface area contributed by atoms with Crippen molar-refractivity contribution >= 4 is 152 Å². The summed E-state index contributed by atoms with van der Waals surface area (Å²) in [6.45, 7) is 0. The summed E-state index contributed by atoms with van der Waals surface area (Å²) in [7, 11) is 0. The van der Waals surface area contributed by atoms with Crippen LogP contribution in [-0.4, -0.2) is 38.2 Å². The zero-order valence-corrected chi connectivity index (χ0v) is 67.1. The van der Waals surface area contributed by atoms with Crippen LogP contribution in [0.25, 0.3) is 242 Å². The SMILES string of the molecule is c1ccc(-c2cc(-c3ccccc3)cc(-c3nc(-c4cccc5c(-n6c7cc8ccccc8cc7c7c(-n8c9ccccc9c9ccccc98)cccc76)cccc45)nc4ccccc34)c2)cc1.c1ccc2cc3c(cc2c1)c1c(-n2c4ccccc4c4ccccc42)cccc1n3-c1ccc(-c2nc(-c3cccc4ccccc34)c3ccccc3n2)cc1. The Labute approximate surface area is 712 Å². The Kier molecular flexibility index (Phi) is 16.2. The zero-order valence-electron chi connectivity index (χ0n) is 67.1. The van der Waals surface area contributed by atoms with Gasteiger partial charge in [0.2, 0.25) is 0 Å². The summed E-state index contributed by atoms with van der Waals surface area (Å²) in [5.41, 5.74) is 26.3. The predicted molar refractivity (Wildman–Crippen MR) is 519 cm³/mol. The standard InChI is InChI=1S/C64H40N4.C52H32N4/c1-3-18-41(19-4-1)45-36-46(42-20-5-2-6-21-42)38-47(37-45)63-53-26-9-12-30-55(53)65-64(66-63)52-29-15-28-49-48(52)27-16-33-58(49)68-60-35-17-34-59(62(60)54-39-43-22-7-8-23-44(43)40-61(54)68)67-56-31-13-10-24-50(56)51-25-11-14-32-57(51)67;1-2-15-36-32-49-43(31-35(36)14-1)50-47(25-12-26-48(50)56-45-23-9-6-18-39(45)40-19-7-10-24-46(40)56)55(49)37-29-27-34(28-30-37)52-53-44-22-8-5-20-42(44)51(54-52)41-21-11-16-33-13-3-4-17-38(33)41/h1-40H;1-32H. The lowest BCUT2D eigenvalue weighted by atomic mass is 9.94. The first-order chi connectivity index (χ1) is 61.5. The molecule has 124 heavy (non-hydrogen) atoms. The van der Waals surface area contributed by atoms with Crippen LogP contribution < -0.4 is 0 Å². The van der Waals surface area contributed by atoms with Crippen molar-refractivity contribution in [2.75, 3.05) is 0 Å². The molecule has 0 bridgehead atoms. The summed E-state index contributed by atoms with van der Waals surface area (Å²) >= 11 is 0. The minimum absolute atomic E-state index is 0.690. The highest BCUT2D eigenvalue weighted by atomic mass is 15.0. The smallest absolute Gasteiger partial charge is 0.161 e. The minimum Gasteiger partial charge on any atom is -0.309 e. The van der Waals surface area contributed by atoms with Crippen LogP contribution in [0.15, 0.2) is 437 Å². The summed E-state index contributed by atoms with van der Waals surface area (Å²) in [6, 6.07) is 157. The second kappa shape index (κ2) is 28.5. The summed E-state index contributed by atoms with van der Waals surface area (Å²) < 4.78 is 9.80. The van der Waals surface area contributed by atoms with Gasteiger partial charge in [0.05, 0.1) is 83.6 Å². The average molecular weight is 1580 g/mol. The molecule has 8 nitrogen and oxygen atoms in total. The van der Waals surface area contributed by atoms with Crippen LogP contribution in [0.3, 0.4) is 0 Å². The number of para-hydroxylation sites is 6. The van der Waals surface area contributed by atoms with Gasteiger partial charge in [-0.05, 0) is 193 Å². The van der Waals surface area contributed by atoms with Crippen LogP contribution in [-0.2, 0) is 0 Å². The van der Waals surface area contributed by atoms with E-state index in [-0.39, 0.29) is 0 Å². The average Bonchev–Trinajstić information content (AvgIpc) is 1.56. The first kappa shape index (κ1) is 70.3. The molecular weight excluding hydrogens is 1510 g/mol. The minimum atomic E-state index is 0.690. The van der Waals surface area contributed by atoms with E-state index in [0.717, 1.165) is 122 Å². The lowest BCUT2D eigenvalue weighted by molar-refractivity contribution is 1.17. The number of hydrogen-bond acceptors (Lipinski definition) is 4. The molecule has 0 aliphatic heterocycles. The second-order valence-corrected chi connectivity index (χ2v) is 32.3. The van der Waals surface area contributed by atoms with Gasteiger partial charge in [0.1, 0.15) is 0 Å². The Bertz CT molecular complexity index is 8710. The largest absolute Gasteiger partial charge is 0.309 e. The van der Waals surface area contributed by atoms with E-state index in [1.165, 1.54) is 109 Å². The third kappa shape index (κ3) is 11.3. The van der Waals surface area contributed by atoms with Crippen molar-refractivity contribution in [1.82, 2.24) is 38.2 Å². The van der Waals surface area contributed by atoms with Crippen molar-refractivity contribution in [2.24, 2.45) is 0 Å². The Morgan fingerprint density at radius 2 is 0.524 bits per heavy atom. The van der Waals surface area contributed by atoms with Gasteiger partial charge < -0.3 is 18.3 Å². The maximum Gasteiger partial charge on any atom is 0.161 e. The molecule has 26 aromatic rings. The Balaban J connectivity index is 0.000000138. The van der Waals surface area contributed by atoms with Gasteiger partial charge in [-0.2, -0.15) is 0 Å². The second-order valence-electron chi connectivity index (χ2n) is 32.3. The van der Waals surface area contributed by atoms with Crippen molar-refractivity contribution in [2.45, 2.75) is 0 Å². The highest BCUT2D eigenvalue weighted by molar-refractivity contribution is 6.22. The zero-order chi connectivity index (χ0) is 81.5. The first-order valence-electron chi connectivity index (χ1n) is 42.3. The fraction of sp³-hybridized carbons (Fsp3) is 0. The summed E-state index contributed by atoms with van der Waals surface area (Å²) in [4.78, 5) is 21.3. The van der Waals surface area contributed by atoms with Crippen LogP contribution in [0.1, 0.15) is 0 Å². The van der Waals surface area contributed by atoms with Crippen molar-refractivity contribution in [1.29, 1.82) is 0 Å². The molecule has 0 N–H and O–H groups in total. The van der Waals surface area contributed by atoms with Crippen molar-refractivity contribution in [3.05, 3.63) is 437 Å². The number of benzene rings is 20.